The van der Waals surface area contributed by atoms with E-state index in [1.807, 2.05) is 0 Å². The van der Waals surface area contributed by atoms with E-state index in [0.717, 1.165) is 31.5 Å². The molecule has 0 amide bonds. The van der Waals surface area contributed by atoms with Crippen LogP contribution in [0.4, 0.5) is 0 Å². The Hall–Kier alpha value is -1.88. The number of hydrogen-bond acceptors (Lipinski definition) is 4. The molecule has 0 saturated carbocycles. The van der Waals surface area contributed by atoms with Gasteiger partial charge >= 0.3 is 11.9 Å². The Bertz CT molecular complexity index is 532. The highest BCUT2D eigenvalue weighted by Crippen LogP contribution is 2.42. The Morgan fingerprint density at radius 1 is 1.33 bits per heavy atom. The largest absolute Gasteiger partial charge is 0.478 e. The summed E-state index contributed by atoms with van der Waals surface area (Å²) < 4.78 is 5.52. The van der Waals surface area contributed by atoms with E-state index in [1.54, 1.807) is 6.07 Å². The zero-order valence-electron chi connectivity index (χ0n) is 9.73. The molecule has 2 heterocycles. The van der Waals surface area contributed by atoms with E-state index in [4.69, 9.17) is 9.84 Å². The predicted molar refractivity (Wildman–Crippen MR) is 62.6 cm³/mol. The molecule has 2 aliphatic heterocycles. The van der Waals surface area contributed by atoms with Gasteiger partial charge in [0.05, 0.1) is 11.1 Å². The molecule has 0 aliphatic carbocycles. The summed E-state index contributed by atoms with van der Waals surface area (Å²) in [5.74, 6) is -1.44. The maximum absolute atomic E-state index is 11.9. The summed E-state index contributed by atoms with van der Waals surface area (Å²) in [6.45, 7) is 1.60. The molecule has 0 bridgehead atoms. The van der Waals surface area contributed by atoms with Crippen LogP contribution in [0, 0.1) is 0 Å². The summed E-state index contributed by atoms with van der Waals surface area (Å²) >= 11 is 0. The van der Waals surface area contributed by atoms with E-state index in [-0.39, 0.29) is 5.56 Å². The first-order chi connectivity index (χ1) is 8.62. The molecule has 0 aromatic heterocycles. The fourth-order valence-electron chi connectivity index (χ4n) is 2.73. The highest BCUT2D eigenvalue weighted by Gasteiger charge is 2.46. The number of carboxylic acid groups (broad SMARTS) is 1. The first-order valence-electron chi connectivity index (χ1n) is 5.94. The summed E-state index contributed by atoms with van der Waals surface area (Å²) in [5, 5.41) is 12.2. The number of piperidine rings is 1. The van der Waals surface area contributed by atoms with Crippen molar-refractivity contribution in [3.8, 4) is 0 Å². The maximum atomic E-state index is 11.9. The fraction of sp³-hybridized carbons (Fsp3) is 0.385. The second-order valence-corrected chi connectivity index (χ2v) is 4.70. The van der Waals surface area contributed by atoms with Crippen LogP contribution in [0.5, 0.6) is 0 Å². The van der Waals surface area contributed by atoms with E-state index in [9.17, 15) is 9.59 Å². The van der Waals surface area contributed by atoms with Gasteiger partial charge in [-0.15, -0.1) is 0 Å². The third-order valence-corrected chi connectivity index (χ3v) is 3.68. The van der Waals surface area contributed by atoms with E-state index in [1.165, 1.54) is 12.1 Å². The van der Waals surface area contributed by atoms with Gasteiger partial charge in [0.25, 0.3) is 0 Å². The number of carbonyl (C=O) groups excluding carboxylic acids is 1. The van der Waals surface area contributed by atoms with Gasteiger partial charge in [0, 0.05) is 18.4 Å². The van der Waals surface area contributed by atoms with Crippen molar-refractivity contribution in [3.63, 3.8) is 0 Å². The standard InChI is InChI=1S/C13H13NO4/c15-11(16)8-1-2-10-9(7-8)12(17)18-13(10)3-5-14-6-4-13/h1-2,7,14H,3-6H2,(H,15,16). The van der Waals surface area contributed by atoms with Crippen LogP contribution in [0.25, 0.3) is 0 Å². The normalized spacial score (nSPS) is 20.6. The van der Waals surface area contributed by atoms with Gasteiger partial charge in [-0.2, -0.15) is 0 Å². The molecule has 0 unspecified atom stereocenters. The summed E-state index contributed by atoms with van der Waals surface area (Å²) in [7, 11) is 0. The molecule has 1 fully saturated rings. The molecule has 1 saturated heterocycles. The van der Waals surface area contributed by atoms with Gasteiger partial charge in [-0.05, 0) is 25.2 Å². The molecule has 5 heteroatoms. The second kappa shape index (κ2) is 3.81. The van der Waals surface area contributed by atoms with Gasteiger partial charge in [0.15, 0.2) is 0 Å². The first-order valence-corrected chi connectivity index (χ1v) is 5.94. The Balaban J connectivity index is 2.08. The van der Waals surface area contributed by atoms with Crippen molar-refractivity contribution in [3.05, 3.63) is 34.9 Å². The minimum absolute atomic E-state index is 0.122. The monoisotopic (exact) mass is 247 g/mol. The van der Waals surface area contributed by atoms with Crippen molar-refractivity contribution in [2.45, 2.75) is 18.4 Å². The van der Waals surface area contributed by atoms with Gasteiger partial charge in [-0.1, -0.05) is 6.07 Å². The summed E-state index contributed by atoms with van der Waals surface area (Å²) in [4.78, 5) is 22.8. The van der Waals surface area contributed by atoms with Crippen molar-refractivity contribution < 1.29 is 19.4 Å². The number of hydrogen-bond donors (Lipinski definition) is 2. The molecular formula is C13H13NO4. The molecule has 0 radical (unpaired) electrons. The van der Waals surface area contributed by atoms with Crippen LogP contribution in [0.1, 0.15) is 39.1 Å². The molecule has 5 nitrogen and oxygen atoms in total. The van der Waals surface area contributed by atoms with Crippen molar-refractivity contribution in [2.75, 3.05) is 13.1 Å². The number of nitrogens with one attached hydrogen (secondary N) is 1. The minimum Gasteiger partial charge on any atom is -0.478 e. The predicted octanol–water partition coefficient (Wildman–Crippen LogP) is 1.13. The van der Waals surface area contributed by atoms with Gasteiger partial charge in [0.2, 0.25) is 0 Å². The quantitative estimate of drug-likeness (QED) is 0.728. The van der Waals surface area contributed by atoms with Crippen LogP contribution in [-0.2, 0) is 10.3 Å². The lowest BCUT2D eigenvalue weighted by Gasteiger charge is -2.33. The maximum Gasteiger partial charge on any atom is 0.339 e. The van der Waals surface area contributed by atoms with Gasteiger partial charge < -0.3 is 15.2 Å². The van der Waals surface area contributed by atoms with Crippen LogP contribution >= 0.6 is 0 Å². The Morgan fingerprint density at radius 2 is 2.06 bits per heavy atom. The van der Waals surface area contributed by atoms with Crippen molar-refractivity contribution in [2.24, 2.45) is 0 Å². The van der Waals surface area contributed by atoms with Gasteiger partial charge in [-0.25, -0.2) is 9.59 Å². The number of ether oxygens (including phenoxy) is 1. The van der Waals surface area contributed by atoms with Crippen LogP contribution in [0.3, 0.4) is 0 Å². The second-order valence-electron chi connectivity index (χ2n) is 4.70. The van der Waals surface area contributed by atoms with Gasteiger partial charge in [0.1, 0.15) is 5.60 Å². The molecule has 1 aromatic carbocycles. The number of benzene rings is 1. The molecule has 2 N–H and O–H groups in total. The first kappa shape index (κ1) is 11.2. The molecule has 2 aliphatic rings. The lowest BCUT2D eigenvalue weighted by Crippen LogP contribution is -2.39. The highest BCUT2D eigenvalue weighted by atomic mass is 16.6. The van der Waals surface area contributed by atoms with Crippen molar-refractivity contribution in [1.29, 1.82) is 0 Å². The number of rotatable bonds is 1. The molecule has 0 atom stereocenters. The smallest absolute Gasteiger partial charge is 0.339 e. The number of aromatic carboxylic acids is 1. The molecule has 3 rings (SSSR count). The zero-order valence-corrected chi connectivity index (χ0v) is 9.73. The third-order valence-electron chi connectivity index (χ3n) is 3.68. The highest BCUT2D eigenvalue weighted by molar-refractivity contribution is 5.98. The Kier molecular flexibility index (Phi) is 2.38. The van der Waals surface area contributed by atoms with Crippen molar-refractivity contribution >= 4 is 11.9 Å². The fourth-order valence-corrected chi connectivity index (χ4v) is 2.73. The molecular weight excluding hydrogens is 234 g/mol. The lowest BCUT2D eigenvalue weighted by molar-refractivity contribution is -0.0241. The zero-order chi connectivity index (χ0) is 12.8. The lowest BCUT2D eigenvalue weighted by atomic mass is 9.84. The number of carboxylic acids is 1. The van der Waals surface area contributed by atoms with Crippen molar-refractivity contribution in [1.82, 2.24) is 5.32 Å². The van der Waals surface area contributed by atoms with Crippen LogP contribution < -0.4 is 5.32 Å². The Morgan fingerprint density at radius 3 is 2.72 bits per heavy atom. The summed E-state index contributed by atoms with van der Waals surface area (Å²) in [5.41, 5.74) is 0.807. The number of esters is 1. The van der Waals surface area contributed by atoms with Crippen LogP contribution in [-0.4, -0.2) is 30.1 Å². The van der Waals surface area contributed by atoms with Gasteiger partial charge in [-0.3, -0.25) is 0 Å². The third kappa shape index (κ3) is 1.51. The molecule has 1 aromatic rings. The summed E-state index contributed by atoms with van der Waals surface area (Å²) in [6, 6.07) is 4.67. The average Bonchev–Trinajstić information content (AvgIpc) is 2.63. The van der Waals surface area contributed by atoms with E-state index >= 15 is 0 Å². The van der Waals surface area contributed by atoms with Crippen LogP contribution in [0.2, 0.25) is 0 Å². The van der Waals surface area contributed by atoms with E-state index in [2.05, 4.69) is 5.32 Å². The summed E-state index contributed by atoms with van der Waals surface area (Å²) in [6.07, 6.45) is 1.47. The van der Waals surface area contributed by atoms with Crippen LogP contribution in [0.15, 0.2) is 18.2 Å². The molecule has 94 valence electrons. The topological polar surface area (TPSA) is 75.6 Å². The Labute approximate surface area is 104 Å². The molecule has 1 spiro atoms. The van der Waals surface area contributed by atoms with E-state index < -0.39 is 17.5 Å². The average molecular weight is 247 g/mol. The number of carbonyl (C=O) groups is 2. The number of fused-ring (bicyclic) bond motifs is 2. The van der Waals surface area contributed by atoms with E-state index in [0.29, 0.717) is 5.56 Å². The minimum atomic E-state index is -1.03. The molecule has 18 heavy (non-hydrogen) atoms. The SMILES string of the molecule is O=C(O)c1ccc2c(c1)C(=O)OC21CCNCC1.